The van der Waals surface area contributed by atoms with Gasteiger partial charge in [0.15, 0.2) is 0 Å². The minimum atomic E-state index is -2.72. The highest BCUT2D eigenvalue weighted by molar-refractivity contribution is 8.67. The highest BCUT2D eigenvalue weighted by Gasteiger charge is 2.25. The van der Waals surface area contributed by atoms with Crippen molar-refractivity contribution in [2.24, 2.45) is 10.8 Å². The summed E-state index contributed by atoms with van der Waals surface area (Å²) in [5.41, 5.74) is 1.37. The van der Waals surface area contributed by atoms with Gasteiger partial charge >= 0.3 is 5.69 Å². The second-order valence-corrected chi connectivity index (χ2v) is 17.3. The van der Waals surface area contributed by atoms with Crippen LogP contribution in [0, 0.1) is 10.8 Å². The Hall–Kier alpha value is -1.74. The van der Waals surface area contributed by atoms with E-state index in [0.717, 1.165) is 30.1 Å². The summed E-state index contributed by atoms with van der Waals surface area (Å²) >= 11 is 7.69. The summed E-state index contributed by atoms with van der Waals surface area (Å²) in [6, 6.07) is 26.9. The zero-order chi connectivity index (χ0) is 24.8. The number of hydrogen-bond donors (Lipinski definition) is 0. The van der Waals surface area contributed by atoms with E-state index in [4.69, 9.17) is 20.9 Å². The first-order valence-electron chi connectivity index (χ1n) is 11.7. The van der Waals surface area contributed by atoms with Gasteiger partial charge in [-0.15, -0.1) is 0 Å². The summed E-state index contributed by atoms with van der Waals surface area (Å²) in [6.45, 7) is 13.5. The van der Waals surface area contributed by atoms with Crippen molar-refractivity contribution < 1.29 is 9.05 Å². The summed E-state index contributed by atoms with van der Waals surface area (Å²) in [4.78, 5) is 0. The lowest BCUT2D eigenvalue weighted by molar-refractivity contribution is 0.410. The van der Waals surface area contributed by atoms with Gasteiger partial charge in [0.05, 0.1) is 0 Å². The highest BCUT2D eigenvalue weighted by Crippen LogP contribution is 2.61. The van der Waals surface area contributed by atoms with Crippen molar-refractivity contribution in [1.82, 2.24) is 0 Å². The van der Waals surface area contributed by atoms with Crippen LogP contribution in [0.15, 0.2) is 78.9 Å². The fraction of sp³-hybridized carbons (Fsp3) is 0.379. The maximum Gasteiger partial charge on any atom is 0.348 e. The Morgan fingerprint density at radius 3 is 1.53 bits per heavy atom. The molecule has 3 rings (SSSR count). The molecule has 0 heterocycles. The smallest absolute Gasteiger partial charge is 0.348 e. The van der Waals surface area contributed by atoms with E-state index in [9.17, 15) is 0 Å². The molecule has 0 saturated carbocycles. The van der Waals surface area contributed by atoms with E-state index in [1.807, 2.05) is 42.5 Å². The molecule has 3 aromatic carbocycles. The molecule has 3 aromatic rings. The first-order chi connectivity index (χ1) is 15.9. The Balaban J connectivity index is 1.85. The maximum atomic E-state index is 6.49. The lowest BCUT2D eigenvalue weighted by atomic mass is 9.88. The Morgan fingerprint density at radius 1 is 0.647 bits per heavy atom. The third kappa shape index (κ3) is 9.49. The van der Waals surface area contributed by atoms with Crippen LogP contribution in [0.3, 0.4) is 0 Å². The van der Waals surface area contributed by atoms with Crippen LogP contribution >= 0.6 is 17.1 Å². The number of benzene rings is 3. The third-order valence-corrected chi connectivity index (χ3v) is 9.76. The Labute approximate surface area is 215 Å². The SMILES string of the molecule is CC(C)(C)Cc1cccc(OP(=S)(Oc2cccc(CC(C)(C)C)c2)SCc2ccccc2)c1. The lowest BCUT2D eigenvalue weighted by Gasteiger charge is -2.24. The van der Waals surface area contributed by atoms with Gasteiger partial charge in [-0.25, -0.2) is 0 Å². The Morgan fingerprint density at radius 2 is 1.09 bits per heavy atom. The standard InChI is InChI=1S/C29H37O2PS2/c1-28(2,3)20-24-14-10-16-26(18-24)30-32(33,34-22-23-12-8-7-9-13-23)31-27-17-11-15-25(19-27)21-29(4,5)6/h7-19H,20-22H2,1-6H3. The largest absolute Gasteiger partial charge is 0.428 e. The van der Waals surface area contributed by atoms with Crippen molar-refractivity contribution in [2.75, 3.05) is 0 Å². The van der Waals surface area contributed by atoms with Crippen molar-refractivity contribution in [3.8, 4) is 11.5 Å². The summed E-state index contributed by atoms with van der Waals surface area (Å²) in [5.74, 6) is 2.29. The maximum absolute atomic E-state index is 6.49. The minimum absolute atomic E-state index is 0.199. The van der Waals surface area contributed by atoms with Crippen LogP contribution in [0.1, 0.15) is 58.2 Å². The highest BCUT2D eigenvalue weighted by atomic mass is 32.9. The summed E-state index contributed by atoms with van der Waals surface area (Å²) < 4.78 is 13.0. The van der Waals surface area contributed by atoms with Gasteiger partial charge in [-0.05, 0) is 87.8 Å². The fourth-order valence-electron chi connectivity index (χ4n) is 3.71. The average molecular weight is 513 g/mol. The predicted octanol–water partition coefficient (Wildman–Crippen LogP) is 9.48. The number of rotatable bonds is 9. The lowest BCUT2D eigenvalue weighted by Crippen LogP contribution is -2.09. The van der Waals surface area contributed by atoms with Gasteiger partial charge in [-0.2, -0.15) is 0 Å². The Bertz CT molecular complexity index is 1050. The second-order valence-electron chi connectivity index (χ2n) is 11.2. The van der Waals surface area contributed by atoms with Crippen molar-refractivity contribution in [3.63, 3.8) is 0 Å². The molecule has 0 atom stereocenters. The van der Waals surface area contributed by atoms with Gasteiger partial charge in [0.1, 0.15) is 11.5 Å². The van der Waals surface area contributed by atoms with Gasteiger partial charge in [0, 0.05) is 5.75 Å². The van der Waals surface area contributed by atoms with Crippen LogP contribution < -0.4 is 9.05 Å². The molecular weight excluding hydrogens is 475 g/mol. The first-order valence-corrected chi connectivity index (χ1v) is 16.0. The van der Waals surface area contributed by atoms with E-state index < -0.39 is 5.69 Å². The third-order valence-electron chi connectivity index (χ3n) is 4.93. The van der Waals surface area contributed by atoms with Gasteiger partial charge < -0.3 is 9.05 Å². The van der Waals surface area contributed by atoms with Crippen LogP contribution in [0.25, 0.3) is 0 Å². The first kappa shape index (κ1) is 26.9. The summed E-state index contributed by atoms with van der Waals surface area (Å²) in [5, 5.41) is 0. The fourth-order valence-corrected chi connectivity index (χ4v) is 7.84. The molecule has 182 valence electrons. The van der Waals surface area contributed by atoms with Gasteiger partial charge in [0.25, 0.3) is 0 Å². The summed E-state index contributed by atoms with van der Waals surface area (Å²) in [6.07, 6.45) is 1.94. The Kier molecular flexibility index (Phi) is 8.95. The van der Waals surface area contributed by atoms with E-state index in [1.165, 1.54) is 16.7 Å². The molecule has 0 radical (unpaired) electrons. The van der Waals surface area contributed by atoms with Gasteiger partial charge in [0.2, 0.25) is 0 Å². The van der Waals surface area contributed by atoms with Gasteiger partial charge in [-0.1, -0.05) is 96.1 Å². The molecule has 0 fully saturated rings. The normalized spacial score (nSPS) is 12.4. The predicted molar refractivity (Wildman–Crippen MR) is 152 cm³/mol. The van der Waals surface area contributed by atoms with E-state index in [-0.39, 0.29) is 10.8 Å². The number of hydrogen-bond acceptors (Lipinski definition) is 4. The van der Waals surface area contributed by atoms with Crippen LogP contribution in [-0.4, -0.2) is 0 Å². The van der Waals surface area contributed by atoms with Crippen molar-refractivity contribution in [2.45, 2.75) is 60.1 Å². The van der Waals surface area contributed by atoms with E-state index >= 15 is 0 Å². The minimum Gasteiger partial charge on any atom is -0.428 e. The van der Waals surface area contributed by atoms with Gasteiger partial charge in [-0.3, -0.25) is 0 Å². The molecule has 5 heteroatoms. The molecule has 0 aliphatic heterocycles. The molecule has 0 unspecified atom stereocenters. The average Bonchev–Trinajstić information content (AvgIpc) is 2.71. The van der Waals surface area contributed by atoms with E-state index in [0.29, 0.717) is 0 Å². The van der Waals surface area contributed by atoms with E-state index in [1.54, 1.807) is 11.4 Å². The van der Waals surface area contributed by atoms with Crippen molar-refractivity contribution in [1.29, 1.82) is 0 Å². The summed E-state index contributed by atoms with van der Waals surface area (Å²) in [7, 11) is 0. The second kappa shape index (κ2) is 11.3. The monoisotopic (exact) mass is 512 g/mol. The molecule has 34 heavy (non-hydrogen) atoms. The van der Waals surface area contributed by atoms with Crippen LogP contribution in [0.2, 0.25) is 0 Å². The molecule has 0 bridgehead atoms. The molecule has 0 N–H and O–H groups in total. The zero-order valence-corrected chi connectivity index (χ0v) is 23.7. The molecule has 0 aliphatic carbocycles. The van der Waals surface area contributed by atoms with Crippen molar-refractivity contribution in [3.05, 3.63) is 95.6 Å². The van der Waals surface area contributed by atoms with Crippen LogP contribution in [0.5, 0.6) is 11.5 Å². The zero-order valence-electron chi connectivity index (χ0n) is 21.2. The molecule has 0 spiro atoms. The topological polar surface area (TPSA) is 18.5 Å². The molecule has 0 saturated heterocycles. The van der Waals surface area contributed by atoms with E-state index in [2.05, 4.69) is 77.9 Å². The van der Waals surface area contributed by atoms with Crippen LogP contribution in [-0.2, 0) is 30.4 Å². The molecule has 0 aromatic heterocycles. The molecule has 0 aliphatic rings. The quantitative estimate of drug-likeness (QED) is 0.266. The van der Waals surface area contributed by atoms with Crippen LogP contribution in [0.4, 0.5) is 0 Å². The molecular formula is C29H37O2PS2. The van der Waals surface area contributed by atoms with Crippen molar-refractivity contribution >= 4 is 28.9 Å². The molecule has 2 nitrogen and oxygen atoms in total. The molecule has 0 amide bonds.